The minimum absolute atomic E-state index is 0.713. The predicted octanol–water partition coefficient (Wildman–Crippen LogP) is 1.47. The SMILES string of the molecule is CCCN1CCCNC(C)CC1. The first-order chi connectivity index (χ1) is 5.83. The van der Waals surface area contributed by atoms with E-state index in [-0.39, 0.29) is 0 Å². The summed E-state index contributed by atoms with van der Waals surface area (Å²) in [6.07, 6.45) is 3.91. The Kier molecular flexibility index (Phi) is 4.62. The van der Waals surface area contributed by atoms with Crippen molar-refractivity contribution in [1.82, 2.24) is 10.2 Å². The zero-order valence-corrected chi connectivity index (χ0v) is 8.47. The lowest BCUT2D eigenvalue weighted by atomic mass is 10.2. The highest BCUT2D eigenvalue weighted by Gasteiger charge is 2.09. The summed E-state index contributed by atoms with van der Waals surface area (Å²) in [6.45, 7) is 9.60. The number of hydrogen-bond acceptors (Lipinski definition) is 2. The fourth-order valence-corrected chi connectivity index (χ4v) is 1.78. The van der Waals surface area contributed by atoms with Crippen molar-refractivity contribution in [2.24, 2.45) is 0 Å². The number of nitrogens with zero attached hydrogens (tertiary/aromatic N) is 1. The molecule has 0 aromatic rings. The molecule has 0 aromatic heterocycles. The Balaban J connectivity index is 2.24. The Morgan fingerprint density at radius 2 is 2.25 bits per heavy atom. The van der Waals surface area contributed by atoms with Gasteiger partial charge in [0.2, 0.25) is 0 Å². The molecule has 0 radical (unpaired) electrons. The maximum atomic E-state index is 3.52. The van der Waals surface area contributed by atoms with Crippen molar-refractivity contribution in [3.05, 3.63) is 0 Å². The van der Waals surface area contributed by atoms with Crippen LogP contribution in [0.5, 0.6) is 0 Å². The highest BCUT2D eigenvalue weighted by molar-refractivity contribution is 4.69. The second-order valence-electron chi connectivity index (χ2n) is 3.84. The van der Waals surface area contributed by atoms with Crippen molar-refractivity contribution >= 4 is 0 Å². The zero-order valence-electron chi connectivity index (χ0n) is 8.47. The molecule has 1 N–H and O–H groups in total. The molecule has 72 valence electrons. The minimum atomic E-state index is 0.713. The van der Waals surface area contributed by atoms with Gasteiger partial charge >= 0.3 is 0 Å². The van der Waals surface area contributed by atoms with Crippen LogP contribution in [0.15, 0.2) is 0 Å². The maximum absolute atomic E-state index is 3.52. The van der Waals surface area contributed by atoms with Gasteiger partial charge in [0.1, 0.15) is 0 Å². The van der Waals surface area contributed by atoms with Crippen LogP contribution in [-0.4, -0.2) is 37.1 Å². The van der Waals surface area contributed by atoms with Gasteiger partial charge in [-0.1, -0.05) is 6.92 Å². The van der Waals surface area contributed by atoms with E-state index < -0.39 is 0 Å². The molecule has 1 fully saturated rings. The number of nitrogens with one attached hydrogen (secondary N) is 1. The number of hydrogen-bond donors (Lipinski definition) is 1. The van der Waals surface area contributed by atoms with Crippen LogP contribution < -0.4 is 5.32 Å². The maximum Gasteiger partial charge on any atom is 0.00509 e. The molecule has 0 aliphatic carbocycles. The normalized spacial score (nSPS) is 28.0. The summed E-state index contributed by atoms with van der Waals surface area (Å²) in [5.74, 6) is 0. The molecule has 12 heavy (non-hydrogen) atoms. The van der Waals surface area contributed by atoms with Crippen LogP contribution in [0.2, 0.25) is 0 Å². The average molecular weight is 170 g/mol. The fourth-order valence-electron chi connectivity index (χ4n) is 1.78. The molecule has 1 saturated heterocycles. The van der Waals surface area contributed by atoms with Gasteiger partial charge in [-0.3, -0.25) is 0 Å². The molecule has 2 heteroatoms. The Bertz CT molecular complexity index is 114. The third kappa shape index (κ3) is 3.55. The first-order valence-corrected chi connectivity index (χ1v) is 5.28. The molecule has 1 unspecified atom stereocenters. The van der Waals surface area contributed by atoms with Crippen LogP contribution in [0.25, 0.3) is 0 Å². The molecule has 1 atom stereocenters. The number of rotatable bonds is 2. The summed E-state index contributed by atoms with van der Waals surface area (Å²) in [7, 11) is 0. The van der Waals surface area contributed by atoms with Crippen LogP contribution in [0.1, 0.15) is 33.1 Å². The lowest BCUT2D eigenvalue weighted by molar-refractivity contribution is 0.237. The first-order valence-electron chi connectivity index (χ1n) is 5.28. The van der Waals surface area contributed by atoms with Gasteiger partial charge in [-0.2, -0.15) is 0 Å². The first kappa shape index (κ1) is 10.0. The van der Waals surface area contributed by atoms with Crippen LogP contribution in [-0.2, 0) is 0 Å². The van der Waals surface area contributed by atoms with Gasteiger partial charge in [0.05, 0.1) is 0 Å². The third-order valence-corrected chi connectivity index (χ3v) is 2.56. The van der Waals surface area contributed by atoms with Crippen molar-refractivity contribution in [3.8, 4) is 0 Å². The monoisotopic (exact) mass is 170 g/mol. The van der Waals surface area contributed by atoms with Gasteiger partial charge < -0.3 is 10.2 Å². The summed E-state index contributed by atoms with van der Waals surface area (Å²) in [5.41, 5.74) is 0. The minimum Gasteiger partial charge on any atom is -0.314 e. The predicted molar refractivity (Wildman–Crippen MR) is 53.4 cm³/mol. The van der Waals surface area contributed by atoms with E-state index in [1.165, 1.54) is 45.4 Å². The molecule has 0 saturated carbocycles. The van der Waals surface area contributed by atoms with E-state index in [2.05, 4.69) is 24.1 Å². The molecule has 1 aliphatic rings. The van der Waals surface area contributed by atoms with Gasteiger partial charge in [-0.05, 0) is 52.4 Å². The van der Waals surface area contributed by atoms with E-state index in [1.54, 1.807) is 0 Å². The smallest absolute Gasteiger partial charge is 0.00509 e. The van der Waals surface area contributed by atoms with E-state index in [4.69, 9.17) is 0 Å². The van der Waals surface area contributed by atoms with Crippen molar-refractivity contribution in [2.45, 2.75) is 39.2 Å². The van der Waals surface area contributed by atoms with E-state index >= 15 is 0 Å². The van der Waals surface area contributed by atoms with Crippen LogP contribution in [0.3, 0.4) is 0 Å². The summed E-state index contributed by atoms with van der Waals surface area (Å²) >= 11 is 0. The van der Waals surface area contributed by atoms with Gasteiger partial charge in [0, 0.05) is 6.04 Å². The van der Waals surface area contributed by atoms with E-state index in [1.807, 2.05) is 0 Å². The molecule has 0 amide bonds. The van der Waals surface area contributed by atoms with Crippen LogP contribution in [0.4, 0.5) is 0 Å². The van der Waals surface area contributed by atoms with Gasteiger partial charge in [-0.15, -0.1) is 0 Å². The summed E-state index contributed by atoms with van der Waals surface area (Å²) in [5, 5.41) is 3.52. The summed E-state index contributed by atoms with van der Waals surface area (Å²) in [6, 6.07) is 0.713. The van der Waals surface area contributed by atoms with Crippen molar-refractivity contribution in [2.75, 3.05) is 26.2 Å². The quantitative estimate of drug-likeness (QED) is 0.675. The highest BCUT2D eigenvalue weighted by atomic mass is 15.1. The Morgan fingerprint density at radius 1 is 1.42 bits per heavy atom. The molecular formula is C10H22N2. The van der Waals surface area contributed by atoms with Crippen LogP contribution >= 0.6 is 0 Å². The van der Waals surface area contributed by atoms with Gasteiger partial charge in [0.25, 0.3) is 0 Å². The largest absolute Gasteiger partial charge is 0.314 e. The third-order valence-electron chi connectivity index (χ3n) is 2.56. The van der Waals surface area contributed by atoms with Crippen molar-refractivity contribution in [1.29, 1.82) is 0 Å². The van der Waals surface area contributed by atoms with Gasteiger partial charge in [-0.25, -0.2) is 0 Å². The standard InChI is InChI=1S/C10H22N2/c1-3-7-12-8-4-6-11-10(2)5-9-12/h10-11H,3-9H2,1-2H3. The van der Waals surface area contributed by atoms with Crippen molar-refractivity contribution in [3.63, 3.8) is 0 Å². The van der Waals surface area contributed by atoms with Crippen LogP contribution in [0, 0.1) is 0 Å². The molecule has 0 aromatic carbocycles. The second kappa shape index (κ2) is 5.55. The molecule has 1 rings (SSSR count). The highest BCUT2D eigenvalue weighted by Crippen LogP contribution is 2.02. The summed E-state index contributed by atoms with van der Waals surface area (Å²) < 4.78 is 0. The molecule has 0 bridgehead atoms. The fraction of sp³-hybridized carbons (Fsp3) is 1.00. The lowest BCUT2D eigenvalue weighted by Gasteiger charge is -2.27. The Morgan fingerprint density at radius 3 is 3.00 bits per heavy atom. The van der Waals surface area contributed by atoms with E-state index in [0.29, 0.717) is 6.04 Å². The molecular weight excluding hydrogens is 148 g/mol. The summed E-state index contributed by atoms with van der Waals surface area (Å²) in [4.78, 5) is 2.59. The van der Waals surface area contributed by atoms with Crippen molar-refractivity contribution < 1.29 is 0 Å². The van der Waals surface area contributed by atoms with E-state index in [0.717, 1.165) is 0 Å². The molecule has 2 nitrogen and oxygen atoms in total. The Hall–Kier alpha value is -0.0800. The zero-order chi connectivity index (χ0) is 8.81. The Labute approximate surface area is 76.3 Å². The average Bonchev–Trinajstić information content (AvgIpc) is 2.04. The molecule has 1 aliphatic heterocycles. The topological polar surface area (TPSA) is 15.3 Å². The second-order valence-corrected chi connectivity index (χ2v) is 3.84. The van der Waals surface area contributed by atoms with E-state index in [9.17, 15) is 0 Å². The van der Waals surface area contributed by atoms with Gasteiger partial charge in [0.15, 0.2) is 0 Å². The molecule has 0 spiro atoms. The lowest BCUT2D eigenvalue weighted by Crippen LogP contribution is -2.38. The molecule has 1 heterocycles.